The Balaban J connectivity index is 0.00000176. The number of piperidine rings is 1. The minimum absolute atomic E-state index is 0. The van der Waals surface area contributed by atoms with Crippen molar-refractivity contribution in [2.45, 2.75) is 31.7 Å². The Kier molecular flexibility index (Phi) is 6.24. The number of likely N-dealkylation sites (tertiary alicyclic amines) is 1. The molecular weight excluding hydrogens is 371 g/mol. The van der Waals surface area contributed by atoms with Crippen LogP contribution < -0.4 is 5.32 Å². The highest BCUT2D eigenvalue weighted by molar-refractivity contribution is 9.10. The molecule has 2 saturated heterocycles. The molecule has 0 radical (unpaired) electrons. The van der Waals surface area contributed by atoms with Gasteiger partial charge in [-0.15, -0.1) is 12.4 Å². The van der Waals surface area contributed by atoms with Crippen LogP contribution in [0.15, 0.2) is 22.7 Å². The minimum Gasteiger partial charge on any atom is -0.339 e. The molecule has 6 heteroatoms. The maximum atomic E-state index is 13.4. The van der Waals surface area contributed by atoms with E-state index in [0.29, 0.717) is 22.0 Å². The van der Waals surface area contributed by atoms with Crippen LogP contribution in [0.2, 0.25) is 0 Å². The Bertz CT molecular complexity index is 509. The van der Waals surface area contributed by atoms with Crippen LogP contribution in [0.1, 0.15) is 36.0 Å². The van der Waals surface area contributed by atoms with Crippen molar-refractivity contribution in [2.75, 3.05) is 19.6 Å². The first-order valence-corrected chi connectivity index (χ1v) is 8.41. The topological polar surface area (TPSA) is 32.3 Å². The Morgan fingerprint density at radius 2 is 1.95 bits per heavy atom. The lowest BCUT2D eigenvalue weighted by molar-refractivity contribution is 0.0674. The largest absolute Gasteiger partial charge is 0.339 e. The fourth-order valence-electron chi connectivity index (χ4n) is 3.48. The van der Waals surface area contributed by atoms with Crippen LogP contribution >= 0.6 is 28.3 Å². The summed E-state index contributed by atoms with van der Waals surface area (Å²) in [4.78, 5) is 14.3. The van der Waals surface area contributed by atoms with E-state index in [0.717, 1.165) is 32.5 Å². The van der Waals surface area contributed by atoms with Crippen LogP contribution in [-0.2, 0) is 0 Å². The van der Waals surface area contributed by atoms with Crippen LogP contribution in [0.4, 0.5) is 4.39 Å². The first kappa shape index (κ1) is 17.7. The predicted molar refractivity (Wildman–Crippen MR) is 91.0 cm³/mol. The van der Waals surface area contributed by atoms with Gasteiger partial charge in [0.05, 0.1) is 0 Å². The third kappa shape index (κ3) is 4.00. The highest BCUT2D eigenvalue weighted by Gasteiger charge is 2.30. The van der Waals surface area contributed by atoms with Crippen molar-refractivity contribution in [3.05, 3.63) is 34.1 Å². The highest BCUT2D eigenvalue weighted by atomic mass is 79.9. The molecule has 2 heterocycles. The number of carbonyl (C=O) groups excluding carboxylic acids is 1. The van der Waals surface area contributed by atoms with Crippen molar-refractivity contribution >= 4 is 34.2 Å². The maximum Gasteiger partial charge on any atom is 0.253 e. The SMILES string of the molecule is Cl.O=C(c1cc(F)cc(Br)c1)N1CCC(C2CCCN2)CC1. The molecule has 1 N–H and O–H groups in total. The van der Waals surface area contributed by atoms with Crippen LogP contribution in [0.5, 0.6) is 0 Å². The summed E-state index contributed by atoms with van der Waals surface area (Å²) in [6.45, 7) is 2.67. The predicted octanol–water partition coefficient (Wildman–Crippen LogP) is 3.61. The van der Waals surface area contributed by atoms with Gasteiger partial charge in [0.1, 0.15) is 5.82 Å². The summed E-state index contributed by atoms with van der Waals surface area (Å²) < 4.78 is 14.0. The van der Waals surface area contributed by atoms with E-state index < -0.39 is 0 Å². The molecule has 0 aliphatic carbocycles. The Labute approximate surface area is 145 Å². The van der Waals surface area contributed by atoms with E-state index in [1.165, 1.54) is 25.0 Å². The van der Waals surface area contributed by atoms with Gasteiger partial charge in [0, 0.05) is 29.2 Å². The van der Waals surface area contributed by atoms with Gasteiger partial charge in [-0.3, -0.25) is 4.79 Å². The van der Waals surface area contributed by atoms with E-state index in [1.54, 1.807) is 6.07 Å². The van der Waals surface area contributed by atoms with Crippen molar-refractivity contribution in [1.82, 2.24) is 10.2 Å². The number of benzene rings is 1. The Morgan fingerprint density at radius 1 is 1.23 bits per heavy atom. The van der Waals surface area contributed by atoms with Crippen LogP contribution in [0.25, 0.3) is 0 Å². The summed E-state index contributed by atoms with van der Waals surface area (Å²) in [5, 5.41) is 3.56. The lowest BCUT2D eigenvalue weighted by atomic mass is 9.88. The second-order valence-corrected chi connectivity index (χ2v) is 6.91. The van der Waals surface area contributed by atoms with Gasteiger partial charge in [-0.1, -0.05) is 15.9 Å². The van der Waals surface area contributed by atoms with E-state index in [4.69, 9.17) is 0 Å². The van der Waals surface area contributed by atoms with Gasteiger partial charge in [0.2, 0.25) is 0 Å². The molecule has 2 aliphatic rings. The van der Waals surface area contributed by atoms with Gasteiger partial charge in [-0.25, -0.2) is 4.39 Å². The third-order valence-corrected chi connectivity index (χ3v) is 5.06. The monoisotopic (exact) mass is 390 g/mol. The zero-order valence-electron chi connectivity index (χ0n) is 12.4. The second-order valence-electron chi connectivity index (χ2n) is 5.99. The van der Waals surface area contributed by atoms with Gasteiger partial charge >= 0.3 is 0 Å². The molecule has 1 aromatic rings. The third-order valence-electron chi connectivity index (χ3n) is 4.60. The molecule has 1 unspecified atom stereocenters. The van der Waals surface area contributed by atoms with E-state index in [-0.39, 0.29) is 24.1 Å². The number of amides is 1. The number of carbonyl (C=O) groups is 1. The van der Waals surface area contributed by atoms with Crippen molar-refractivity contribution in [2.24, 2.45) is 5.92 Å². The molecule has 0 aromatic heterocycles. The van der Waals surface area contributed by atoms with Gasteiger partial charge in [0.25, 0.3) is 5.91 Å². The highest BCUT2D eigenvalue weighted by Crippen LogP contribution is 2.26. The van der Waals surface area contributed by atoms with E-state index in [2.05, 4.69) is 21.2 Å². The molecule has 2 fully saturated rings. The quantitative estimate of drug-likeness (QED) is 0.835. The lowest BCUT2D eigenvalue weighted by Crippen LogP contribution is -2.43. The van der Waals surface area contributed by atoms with Crippen LogP contribution in [0, 0.1) is 11.7 Å². The molecule has 3 nitrogen and oxygen atoms in total. The molecule has 22 heavy (non-hydrogen) atoms. The zero-order chi connectivity index (χ0) is 14.8. The van der Waals surface area contributed by atoms with Crippen LogP contribution in [0.3, 0.4) is 0 Å². The number of rotatable bonds is 2. The maximum absolute atomic E-state index is 13.4. The number of hydrogen-bond acceptors (Lipinski definition) is 2. The standard InChI is InChI=1S/C16H20BrFN2O.ClH/c17-13-8-12(9-14(18)10-13)16(21)20-6-3-11(4-7-20)15-2-1-5-19-15;/h8-11,15,19H,1-7H2;1H. The number of hydrogen-bond donors (Lipinski definition) is 1. The van der Waals surface area contributed by atoms with Gasteiger partial charge < -0.3 is 10.2 Å². The minimum atomic E-state index is -0.377. The smallest absolute Gasteiger partial charge is 0.253 e. The van der Waals surface area contributed by atoms with Crippen molar-refractivity contribution in [3.8, 4) is 0 Å². The summed E-state index contributed by atoms with van der Waals surface area (Å²) in [6.07, 6.45) is 4.61. The molecule has 1 amide bonds. The molecule has 0 spiro atoms. The lowest BCUT2D eigenvalue weighted by Gasteiger charge is -2.35. The van der Waals surface area contributed by atoms with Gasteiger partial charge in [0.15, 0.2) is 0 Å². The molecule has 2 aliphatic heterocycles. The number of nitrogens with one attached hydrogen (secondary N) is 1. The molecule has 0 bridgehead atoms. The summed E-state index contributed by atoms with van der Waals surface area (Å²) in [7, 11) is 0. The number of nitrogens with zero attached hydrogens (tertiary/aromatic N) is 1. The van der Waals surface area contributed by atoms with Crippen LogP contribution in [-0.4, -0.2) is 36.5 Å². The number of halogens is 3. The van der Waals surface area contributed by atoms with E-state index in [9.17, 15) is 9.18 Å². The average molecular weight is 392 g/mol. The van der Waals surface area contributed by atoms with Crippen molar-refractivity contribution in [3.63, 3.8) is 0 Å². The molecule has 1 aromatic carbocycles. The average Bonchev–Trinajstić information content (AvgIpc) is 3.00. The zero-order valence-corrected chi connectivity index (χ0v) is 14.8. The fraction of sp³-hybridized carbons (Fsp3) is 0.562. The summed E-state index contributed by atoms with van der Waals surface area (Å²) in [5.74, 6) is 0.238. The molecule has 3 rings (SSSR count). The molecule has 0 saturated carbocycles. The fourth-order valence-corrected chi connectivity index (χ4v) is 3.94. The summed E-state index contributed by atoms with van der Waals surface area (Å²) in [6, 6.07) is 5.01. The first-order valence-electron chi connectivity index (χ1n) is 7.62. The van der Waals surface area contributed by atoms with Gasteiger partial charge in [-0.05, 0) is 56.3 Å². The Morgan fingerprint density at radius 3 is 2.55 bits per heavy atom. The molecular formula is C16H21BrClFN2O. The van der Waals surface area contributed by atoms with Crippen molar-refractivity contribution in [1.29, 1.82) is 0 Å². The molecule has 1 atom stereocenters. The summed E-state index contributed by atoms with van der Waals surface area (Å²) >= 11 is 3.24. The second kappa shape index (κ2) is 7.75. The van der Waals surface area contributed by atoms with Gasteiger partial charge in [-0.2, -0.15) is 0 Å². The first-order chi connectivity index (χ1) is 10.1. The Hall–Kier alpha value is -0.650. The summed E-state index contributed by atoms with van der Waals surface area (Å²) in [5.41, 5.74) is 0.430. The normalized spacial score (nSPS) is 22.5. The van der Waals surface area contributed by atoms with E-state index in [1.807, 2.05) is 4.90 Å². The van der Waals surface area contributed by atoms with Crippen molar-refractivity contribution < 1.29 is 9.18 Å². The molecule has 122 valence electrons. The van der Waals surface area contributed by atoms with E-state index >= 15 is 0 Å².